The van der Waals surface area contributed by atoms with Crippen LogP contribution in [-0.2, 0) is 29.9 Å². The number of carbonyl (C=O) groups excluding carboxylic acids is 1. The number of pyridine rings is 1. The SMILES string of the molecule is CC(C)(O)C#Cc1ccc(-c2cccc3c(=O)[nH]cnc23)c(C(Cc2cc(F)cc(F)c2)NC(=O)Cn2nc(C(F)(F)F)c3c2C(F)(F)C2C#CC32)n1. The van der Waals surface area contributed by atoms with Crippen molar-refractivity contribution in [1.82, 2.24) is 30.0 Å². The summed E-state index contributed by atoms with van der Waals surface area (Å²) >= 11 is 0. The number of aliphatic hydroxyl groups is 1. The summed E-state index contributed by atoms with van der Waals surface area (Å²) in [5.41, 5.74) is -4.51. The molecule has 3 atom stereocenters. The quantitative estimate of drug-likeness (QED) is 0.149. The van der Waals surface area contributed by atoms with E-state index < -0.39 is 82.2 Å². The molecule has 0 spiro atoms. The number of aromatic amines is 1. The van der Waals surface area contributed by atoms with Gasteiger partial charge in [0.15, 0.2) is 5.69 Å². The molecular formula is C37H25F7N6O3. The van der Waals surface area contributed by atoms with Gasteiger partial charge in [0.05, 0.1) is 34.9 Å². The summed E-state index contributed by atoms with van der Waals surface area (Å²) in [6, 6.07) is 8.94. The third-order valence-corrected chi connectivity index (χ3v) is 8.70. The first-order chi connectivity index (χ1) is 24.9. The van der Waals surface area contributed by atoms with Crippen LogP contribution < -0.4 is 10.9 Å². The van der Waals surface area contributed by atoms with Gasteiger partial charge in [-0.05, 0) is 62.1 Å². The fourth-order valence-corrected chi connectivity index (χ4v) is 6.51. The van der Waals surface area contributed by atoms with Crippen molar-refractivity contribution >= 4 is 16.8 Å². The highest BCUT2D eigenvalue weighted by Gasteiger charge is 2.62. The lowest BCUT2D eigenvalue weighted by Crippen LogP contribution is -2.36. The Morgan fingerprint density at radius 3 is 2.49 bits per heavy atom. The van der Waals surface area contributed by atoms with Crippen molar-refractivity contribution in [3.05, 3.63) is 111 Å². The van der Waals surface area contributed by atoms with Crippen LogP contribution in [0.5, 0.6) is 0 Å². The van der Waals surface area contributed by atoms with E-state index in [4.69, 9.17) is 0 Å². The lowest BCUT2D eigenvalue weighted by Gasteiger charge is -2.24. The maximum absolute atomic E-state index is 15.4. The molecule has 2 aliphatic carbocycles. The average Bonchev–Trinajstić information content (AvgIpc) is 3.48. The number of hydrogen-bond donors (Lipinski definition) is 3. The maximum atomic E-state index is 15.4. The largest absolute Gasteiger partial charge is 0.435 e. The molecule has 2 aliphatic rings. The van der Waals surface area contributed by atoms with E-state index in [1.165, 1.54) is 38.4 Å². The highest BCUT2D eigenvalue weighted by atomic mass is 19.4. The molecule has 3 heterocycles. The molecule has 0 fully saturated rings. The van der Waals surface area contributed by atoms with Crippen LogP contribution in [0.4, 0.5) is 30.7 Å². The molecule has 0 aliphatic heterocycles. The van der Waals surface area contributed by atoms with E-state index in [-0.39, 0.29) is 39.8 Å². The number of nitrogens with one attached hydrogen (secondary N) is 2. The normalized spacial score (nSPS) is 17.5. The number of halogens is 7. The molecule has 3 N–H and O–H groups in total. The molecule has 0 saturated carbocycles. The summed E-state index contributed by atoms with van der Waals surface area (Å²) in [6.07, 6.45) is -4.33. The number of alkyl halides is 5. The summed E-state index contributed by atoms with van der Waals surface area (Å²) in [7, 11) is 0. The predicted molar refractivity (Wildman–Crippen MR) is 175 cm³/mol. The van der Waals surface area contributed by atoms with Crippen LogP contribution in [0.3, 0.4) is 0 Å². The molecule has 5 aromatic rings. The van der Waals surface area contributed by atoms with Crippen molar-refractivity contribution in [2.24, 2.45) is 5.92 Å². The Morgan fingerprint density at radius 2 is 1.83 bits per heavy atom. The molecule has 16 heteroatoms. The number of amides is 1. The lowest BCUT2D eigenvalue weighted by atomic mass is 9.84. The Morgan fingerprint density at radius 1 is 1.09 bits per heavy atom. The van der Waals surface area contributed by atoms with Crippen LogP contribution >= 0.6 is 0 Å². The Balaban J connectivity index is 1.36. The van der Waals surface area contributed by atoms with Crippen molar-refractivity contribution in [3.63, 3.8) is 0 Å². The number of fused-ring (bicyclic) bond motifs is 4. The molecule has 0 bridgehead atoms. The minimum Gasteiger partial charge on any atom is -0.378 e. The summed E-state index contributed by atoms with van der Waals surface area (Å²) in [5.74, 6) is -0.0855. The zero-order valence-electron chi connectivity index (χ0n) is 27.5. The number of nitrogens with zero attached hydrogens (tertiary/aromatic N) is 4. The summed E-state index contributed by atoms with van der Waals surface area (Å²) in [4.78, 5) is 37.8. The molecule has 0 saturated heterocycles. The number of rotatable bonds is 7. The van der Waals surface area contributed by atoms with Gasteiger partial charge in [0.1, 0.15) is 41.1 Å². The Hall–Kier alpha value is -6.00. The van der Waals surface area contributed by atoms with Crippen molar-refractivity contribution in [1.29, 1.82) is 0 Å². The van der Waals surface area contributed by atoms with E-state index in [1.807, 2.05) is 0 Å². The van der Waals surface area contributed by atoms with E-state index >= 15 is 8.78 Å². The number of benzene rings is 2. The summed E-state index contributed by atoms with van der Waals surface area (Å²) in [6.45, 7) is 1.74. The first-order valence-electron chi connectivity index (χ1n) is 16.0. The van der Waals surface area contributed by atoms with E-state index in [2.05, 4.69) is 49.0 Å². The number of hydrogen-bond acceptors (Lipinski definition) is 6. The molecule has 7 rings (SSSR count). The molecule has 0 radical (unpaired) electrons. The number of carbonyl (C=O) groups is 1. The van der Waals surface area contributed by atoms with Crippen LogP contribution in [0.2, 0.25) is 0 Å². The van der Waals surface area contributed by atoms with Gasteiger partial charge in [-0.15, -0.1) is 0 Å². The predicted octanol–water partition coefficient (Wildman–Crippen LogP) is 5.52. The van der Waals surface area contributed by atoms with Gasteiger partial charge in [-0.25, -0.2) is 18.7 Å². The second-order valence-corrected chi connectivity index (χ2v) is 13.1. The monoisotopic (exact) mass is 734 g/mol. The standard InChI is InChI=1S/C37H25F7N6O3/c1-35(2,53)11-10-21-6-7-23(22-4-3-5-25-30(22)45-17-46-34(25)52)31(47-21)27(14-18-12-19(38)15-20(39)13-18)48-28(51)16-50-33-29(32(49-50)37(42,43)44)24-8-9-26(24)36(33,40)41/h3-7,12-13,15,17,24,26-27,53H,14,16H2,1-2H3,(H,48,51)(H,45,46,52). The van der Waals surface area contributed by atoms with E-state index in [1.54, 1.807) is 12.1 Å². The van der Waals surface area contributed by atoms with Crippen LogP contribution in [0.15, 0.2) is 59.7 Å². The smallest absolute Gasteiger partial charge is 0.378 e. The van der Waals surface area contributed by atoms with E-state index in [9.17, 15) is 36.6 Å². The highest BCUT2D eigenvalue weighted by molar-refractivity contribution is 5.93. The van der Waals surface area contributed by atoms with Crippen molar-refractivity contribution in [3.8, 4) is 34.8 Å². The average molecular weight is 735 g/mol. The minimum absolute atomic E-state index is 0.00130. The van der Waals surface area contributed by atoms with Crippen LogP contribution in [0, 0.1) is 41.2 Å². The zero-order valence-corrected chi connectivity index (χ0v) is 27.5. The Labute approximate surface area is 295 Å². The van der Waals surface area contributed by atoms with E-state index in [0.29, 0.717) is 16.3 Å². The number of aromatic nitrogens is 5. The first kappa shape index (κ1) is 35.4. The van der Waals surface area contributed by atoms with Crippen LogP contribution in [0.1, 0.15) is 59.7 Å². The van der Waals surface area contributed by atoms with E-state index in [0.717, 1.165) is 12.1 Å². The third-order valence-electron chi connectivity index (χ3n) is 8.70. The Bertz CT molecular complexity index is 2490. The van der Waals surface area contributed by atoms with Gasteiger partial charge in [-0.2, -0.15) is 27.1 Å². The zero-order chi connectivity index (χ0) is 38.0. The van der Waals surface area contributed by atoms with Gasteiger partial charge in [0.25, 0.3) is 5.56 Å². The topological polar surface area (TPSA) is 126 Å². The van der Waals surface area contributed by atoms with Crippen molar-refractivity contribution in [2.45, 2.75) is 56.5 Å². The van der Waals surface area contributed by atoms with Gasteiger partial charge in [-0.1, -0.05) is 29.9 Å². The molecule has 1 amide bonds. The molecule has 9 nitrogen and oxygen atoms in total. The van der Waals surface area contributed by atoms with Crippen LogP contribution in [-0.4, -0.2) is 41.3 Å². The van der Waals surface area contributed by atoms with Gasteiger partial charge in [-0.3, -0.25) is 14.3 Å². The molecule has 2 aromatic carbocycles. The first-order valence-corrected chi connectivity index (χ1v) is 16.0. The molecular weight excluding hydrogens is 709 g/mol. The fourth-order valence-electron chi connectivity index (χ4n) is 6.51. The number of H-pyrrole nitrogens is 1. The van der Waals surface area contributed by atoms with Gasteiger partial charge in [0.2, 0.25) is 5.91 Å². The van der Waals surface area contributed by atoms with Crippen LogP contribution in [0.25, 0.3) is 22.0 Å². The number of para-hydroxylation sites is 1. The second-order valence-electron chi connectivity index (χ2n) is 13.1. The van der Waals surface area contributed by atoms with Crippen molar-refractivity contribution < 1.29 is 40.6 Å². The lowest BCUT2D eigenvalue weighted by molar-refractivity contribution is -0.142. The maximum Gasteiger partial charge on any atom is 0.435 e. The van der Waals surface area contributed by atoms with Crippen molar-refractivity contribution in [2.75, 3.05) is 0 Å². The highest BCUT2D eigenvalue weighted by Crippen LogP contribution is 2.58. The third kappa shape index (κ3) is 6.62. The molecule has 53 heavy (non-hydrogen) atoms. The Kier molecular flexibility index (Phi) is 8.41. The molecule has 270 valence electrons. The van der Waals surface area contributed by atoms with Gasteiger partial charge in [0, 0.05) is 22.8 Å². The summed E-state index contributed by atoms with van der Waals surface area (Å²) in [5, 5.41) is 16.4. The molecule has 3 unspecified atom stereocenters. The minimum atomic E-state index is -5.13. The van der Waals surface area contributed by atoms with Gasteiger partial charge >= 0.3 is 12.1 Å². The molecule has 3 aromatic heterocycles. The summed E-state index contributed by atoms with van der Waals surface area (Å²) < 4.78 is 102. The fraction of sp³-hybridized carbons (Fsp3) is 0.270. The van der Waals surface area contributed by atoms with Gasteiger partial charge < -0.3 is 15.4 Å². The second kappa shape index (κ2) is 12.6.